The lowest BCUT2D eigenvalue weighted by atomic mass is 10.2. The average Bonchev–Trinajstić information content (AvgIpc) is 3.31. The third kappa shape index (κ3) is 3.95. The van der Waals surface area contributed by atoms with Crippen molar-refractivity contribution < 1.29 is 4.39 Å². The molecule has 4 nitrogen and oxygen atoms in total. The summed E-state index contributed by atoms with van der Waals surface area (Å²) in [5.74, 6) is 1.12. The number of hydrogen-bond acceptors (Lipinski definition) is 5. The molecule has 2 aromatic carbocycles. The third-order valence-electron chi connectivity index (χ3n) is 3.57. The van der Waals surface area contributed by atoms with Gasteiger partial charge in [0.2, 0.25) is 5.16 Å². The van der Waals surface area contributed by atoms with E-state index >= 15 is 0 Å². The fourth-order valence-corrected chi connectivity index (χ4v) is 4.03. The molecule has 4 rings (SSSR count). The Morgan fingerprint density at radius 2 is 1.73 bits per heavy atom. The predicted molar refractivity (Wildman–Crippen MR) is 104 cm³/mol. The number of rotatable bonds is 5. The molecule has 0 atom stereocenters. The predicted octanol–water partition coefficient (Wildman–Crippen LogP) is 5.68. The summed E-state index contributed by atoms with van der Waals surface area (Å²) < 4.78 is 13.0. The molecule has 0 unspecified atom stereocenters. The van der Waals surface area contributed by atoms with Gasteiger partial charge >= 0.3 is 0 Å². The van der Waals surface area contributed by atoms with Gasteiger partial charge in [0, 0.05) is 27.3 Å². The molecule has 26 heavy (non-hydrogen) atoms. The number of nitrogens with one attached hydrogen (secondary N) is 1. The molecule has 0 fully saturated rings. The van der Waals surface area contributed by atoms with Gasteiger partial charge in [-0.2, -0.15) is 0 Å². The first-order valence-corrected chi connectivity index (χ1v) is 9.93. The zero-order valence-corrected chi connectivity index (χ0v) is 15.7. The second-order valence-electron chi connectivity index (χ2n) is 5.41. The summed E-state index contributed by atoms with van der Waals surface area (Å²) >= 11 is 8.95. The number of benzene rings is 2. The summed E-state index contributed by atoms with van der Waals surface area (Å²) in [4.78, 5) is 9.08. The largest absolute Gasteiger partial charge is 0.258 e. The van der Waals surface area contributed by atoms with Crippen molar-refractivity contribution in [2.24, 2.45) is 0 Å². The molecule has 0 saturated heterocycles. The van der Waals surface area contributed by atoms with Gasteiger partial charge in [0.15, 0.2) is 5.82 Å². The molecule has 0 aliphatic carbocycles. The third-order valence-corrected chi connectivity index (χ3v) is 5.65. The summed E-state index contributed by atoms with van der Waals surface area (Å²) in [6.07, 6.45) is 0. The van der Waals surface area contributed by atoms with Crippen LogP contribution in [0.25, 0.3) is 22.0 Å². The van der Waals surface area contributed by atoms with E-state index in [4.69, 9.17) is 11.6 Å². The molecular formula is C18H12ClFN4S2. The molecule has 0 radical (unpaired) electrons. The van der Waals surface area contributed by atoms with Gasteiger partial charge in [-0.05, 0) is 48.5 Å². The van der Waals surface area contributed by atoms with E-state index in [2.05, 4.69) is 20.2 Å². The fourth-order valence-electron chi connectivity index (χ4n) is 2.28. The first-order valence-electron chi connectivity index (χ1n) is 7.69. The van der Waals surface area contributed by atoms with Crippen molar-refractivity contribution in [3.05, 3.63) is 70.4 Å². The lowest BCUT2D eigenvalue weighted by Gasteiger charge is -1.96. The van der Waals surface area contributed by atoms with E-state index in [0.29, 0.717) is 21.8 Å². The van der Waals surface area contributed by atoms with E-state index in [9.17, 15) is 4.39 Å². The number of nitrogens with zero attached hydrogens (tertiary/aromatic N) is 3. The van der Waals surface area contributed by atoms with Crippen molar-refractivity contribution in [2.45, 2.75) is 10.9 Å². The molecule has 0 aliphatic rings. The van der Waals surface area contributed by atoms with Crippen LogP contribution in [-0.4, -0.2) is 20.2 Å². The van der Waals surface area contributed by atoms with Gasteiger partial charge in [0.05, 0.1) is 5.69 Å². The van der Waals surface area contributed by atoms with Crippen molar-refractivity contribution in [3.8, 4) is 22.0 Å². The molecule has 2 aromatic heterocycles. The van der Waals surface area contributed by atoms with Crippen LogP contribution in [0.5, 0.6) is 0 Å². The molecule has 130 valence electrons. The summed E-state index contributed by atoms with van der Waals surface area (Å²) in [6.45, 7) is 0. The van der Waals surface area contributed by atoms with Crippen molar-refractivity contribution in [1.29, 1.82) is 0 Å². The minimum atomic E-state index is -0.248. The summed E-state index contributed by atoms with van der Waals surface area (Å²) in [5, 5.41) is 11.4. The number of halogens is 2. The smallest absolute Gasteiger partial charge is 0.209 e. The molecule has 4 aromatic rings. The number of aromatic amines is 1. The molecule has 0 saturated carbocycles. The van der Waals surface area contributed by atoms with Crippen LogP contribution in [0.2, 0.25) is 5.02 Å². The minimum Gasteiger partial charge on any atom is -0.258 e. The number of hydrogen-bond donors (Lipinski definition) is 1. The average molecular weight is 403 g/mol. The first kappa shape index (κ1) is 17.2. The van der Waals surface area contributed by atoms with Gasteiger partial charge in [-0.15, -0.1) is 16.4 Å². The van der Waals surface area contributed by atoms with Crippen molar-refractivity contribution in [3.63, 3.8) is 0 Å². The Morgan fingerprint density at radius 1 is 1.00 bits per heavy atom. The van der Waals surface area contributed by atoms with Crippen molar-refractivity contribution in [2.75, 3.05) is 0 Å². The van der Waals surface area contributed by atoms with Crippen LogP contribution in [0, 0.1) is 5.82 Å². The van der Waals surface area contributed by atoms with Gasteiger partial charge in [-0.1, -0.05) is 23.4 Å². The quantitative estimate of drug-likeness (QED) is 0.436. The SMILES string of the molecule is Fc1ccc(-c2nc(CSc3n[nH]c(-c4ccc(Cl)cc4)n3)cs2)cc1. The van der Waals surface area contributed by atoms with Gasteiger partial charge in [0.1, 0.15) is 10.8 Å². The number of H-pyrrole nitrogens is 1. The van der Waals surface area contributed by atoms with Crippen LogP contribution >= 0.6 is 34.7 Å². The zero-order chi connectivity index (χ0) is 17.9. The normalized spacial score (nSPS) is 11.0. The molecular weight excluding hydrogens is 391 g/mol. The topological polar surface area (TPSA) is 54.5 Å². The Bertz CT molecular complexity index is 929. The molecule has 0 spiro atoms. The van der Waals surface area contributed by atoms with E-state index in [1.54, 1.807) is 12.1 Å². The van der Waals surface area contributed by atoms with Gasteiger partial charge in [-0.3, -0.25) is 5.10 Å². The molecule has 1 N–H and O–H groups in total. The summed E-state index contributed by atoms with van der Waals surface area (Å²) in [7, 11) is 0. The van der Waals surface area contributed by atoms with Crippen LogP contribution in [-0.2, 0) is 5.75 Å². The highest BCUT2D eigenvalue weighted by Gasteiger charge is 2.09. The van der Waals surface area contributed by atoms with Crippen molar-refractivity contribution >= 4 is 34.7 Å². The van der Waals surface area contributed by atoms with E-state index in [0.717, 1.165) is 21.8 Å². The Balaban J connectivity index is 1.42. The van der Waals surface area contributed by atoms with E-state index < -0.39 is 0 Å². The van der Waals surface area contributed by atoms with E-state index in [1.165, 1.54) is 35.2 Å². The number of aromatic nitrogens is 4. The van der Waals surface area contributed by atoms with Gasteiger partial charge in [-0.25, -0.2) is 14.4 Å². The molecule has 2 heterocycles. The first-order chi connectivity index (χ1) is 12.7. The molecule has 8 heteroatoms. The Morgan fingerprint density at radius 3 is 2.50 bits per heavy atom. The lowest BCUT2D eigenvalue weighted by molar-refractivity contribution is 0.628. The Kier molecular flexibility index (Phi) is 5.01. The standard InChI is InChI=1S/C18H12ClFN4S2/c19-13-5-1-11(2-6-13)16-22-18(24-23-16)26-10-15-9-25-17(21-15)12-3-7-14(20)8-4-12/h1-9H,10H2,(H,22,23,24). The number of thioether (sulfide) groups is 1. The maximum absolute atomic E-state index is 13.0. The van der Waals surface area contributed by atoms with Crippen molar-refractivity contribution in [1.82, 2.24) is 20.2 Å². The minimum absolute atomic E-state index is 0.248. The second kappa shape index (κ2) is 7.57. The maximum atomic E-state index is 13.0. The van der Waals surface area contributed by atoms with Gasteiger partial charge < -0.3 is 0 Å². The van der Waals surface area contributed by atoms with E-state index in [1.807, 2.05) is 29.6 Å². The monoisotopic (exact) mass is 402 g/mol. The van der Waals surface area contributed by atoms with Crippen LogP contribution in [0.1, 0.15) is 5.69 Å². The van der Waals surface area contributed by atoms with E-state index in [-0.39, 0.29) is 5.82 Å². The van der Waals surface area contributed by atoms with Gasteiger partial charge in [0.25, 0.3) is 0 Å². The zero-order valence-electron chi connectivity index (χ0n) is 13.3. The van der Waals surface area contributed by atoms with Crippen LogP contribution in [0.15, 0.2) is 59.1 Å². The molecule has 0 bridgehead atoms. The summed E-state index contributed by atoms with van der Waals surface area (Å²) in [6, 6.07) is 13.8. The maximum Gasteiger partial charge on any atom is 0.209 e. The Labute approximate surface area is 162 Å². The second-order valence-corrected chi connectivity index (χ2v) is 7.65. The van der Waals surface area contributed by atoms with Crippen LogP contribution < -0.4 is 0 Å². The summed E-state index contributed by atoms with van der Waals surface area (Å²) in [5.41, 5.74) is 2.79. The fraction of sp³-hybridized carbons (Fsp3) is 0.0556. The number of thiazole rings is 1. The van der Waals surface area contributed by atoms with Crippen LogP contribution in [0.4, 0.5) is 4.39 Å². The van der Waals surface area contributed by atoms with Crippen LogP contribution in [0.3, 0.4) is 0 Å². The molecule has 0 aliphatic heterocycles. The Hall–Kier alpha value is -2.22. The highest BCUT2D eigenvalue weighted by molar-refractivity contribution is 7.98. The lowest BCUT2D eigenvalue weighted by Crippen LogP contribution is -1.84. The molecule has 0 amide bonds. The highest BCUT2D eigenvalue weighted by Crippen LogP contribution is 2.28. The highest BCUT2D eigenvalue weighted by atomic mass is 35.5.